The second-order valence-electron chi connectivity index (χ2n) is 8.17. The lowest BCUT2D eigenvalue weighted by molar-refractivity contribution is -0.119. The predicted molar refractivity (Wildman–Crippen MR) is 143 cm³/mol. The second-order valence-corrected chi connectivity index (χ2v) is 11.1. The molecule has 0 saturated carbocycles. The molecule has 10 heteroatoms. The third-order valence-corrected chi connectivity index (χ3v) is 8.41. The Kier molecular flexibility index (Phi) is 8.17. The first-order valence-corrected chi connectivity index (χ1v) is 13.8. The molecule has 1 aliphatic rings. The van der Waals surface area contributed by atoms with Crippen molar-refractivity contribution < 1.29 is 22.7 Å². The van der Waals surface area contributed by atoms with Crippen LogP contribution in [0.3, 0.4) is 0 Å². The van der Waals surface area contributed by atoms with E-state index in [2.05, 4.69) is 10.5 Å². The summed E-state index contributed by atoms with van der Waals surface area (Å²) in [6, 6.07) is 20.4. The van der Waals surface area contributed by atoms with Crippen LogP contribution in [0, 0.1) is 6.92 Å². The quantitative estimate of drug-likeness (QED) is 0.319. The molecule has 36 heavy (non-hydrogen) atoms. The SMILES string of the molecule is COc1cccc(N(CC(=O)N/N=C\c2cccc(OC3CSC3)c2)S(=O)(=O)c2ccc(C)cc2)c1. The number of aryl methyl sites for hydroxylation is 1. The van der Waals surface area contributed by atoms with Gasteiger partial charge < -0.3 is 9.47 Å². The number of nitrogens with one attached hydrogen (secondary N) is 1. The molecular weight excluding hydrogens is 498 g/mol. The average molecular weight is 526 g/mol. The summed E-state index contributed by atoms with van der Waals surface area (Å²) in [7, 11) is -2.54. The molecule has 8 nitrogen and oxygen atoms in total. The van der Waals surface area contributed by atoms with Crippen LogP contribution in [0.15, 0.2) is 82.8 Å². The van der Waals surface area contributed by atoms with E-state index in [0.29, 0.717) is 11.4 Å². The zero-order valence-corrected chi connectivity index (χ0v) is 21.6. The number of hydrazone groups is 1. The van der Waals surface area contributed by atoms with E-state index < -0.39 is 22.5 Å². The Bertz CT molecular complexity index is 1340. The molecule has 1 heterocycles. The van der Waals surface area contributed by atoms with E-state index in [1.807, 2.05) is 43.0 Å². The van der Waals surface area contributed by atoms with Crippen molar-refractivity contribution in [1.29, 1.82) is 0 Å². The van der Waals surface area contributed by atoms with Crippen LogP contribution in [-0.4, -0.2) is 51.8 Å². The normalized spacial score (nSPS) is 13.7. The monoisotopic (exact) mass is 525 g/mol. The minimum Gasteiger partial charge on any atom is -0.497 e. The molecule has 1 saturated heterocycles. The molecule has 188 valence electrons. The molecule has 1 fully saturated rings. The molecule has 1 amide bonds. The molecule has 0 spiro atoms. The van der Waals surface area contributed by atoms with Crippen molar-refractivity contribution in [2.45, 2.75) is 17.9 Å². The minimum absolute atomic E-state index is 0.0777. The summed E-state index contributed by atoms with van der Waals surface area (Å²) in [6.07, 6.45) is 1.71. The highest BCUT2D eigenvalue weighted by atomic mass is 32.2. The second kappa shape index (κ2) is 11.5. The lowest BCUT2D eigenvalue weighted by Gasteiger charge is -2.25. The van der Waals surface area contributed by atoms with Crippen LogP contribution in [0.1, 0.15) is 11.1 Å². The van der Waals surface area contributed by atoms with Gasteiger partial charge in [-0.25, -0.2) is 13.8 Å². The van der Waals surface area contributed by atoms with Gasteiger partial charge in [0.1, 0.15) is 24.1 Å². The molecule has 0 atom stereocenters. The Balaban J connectivity index is 1.50. The maximum atomic E-state index is 13.5. The molecule has 0 unspecified atom stereocenters. The number of ether oxygens (including phenoxy) is 2. The van der Waals surface area contributed by atoms with E-state index in [9.17, 15) is 13.2 Å². The van der Waals surface area contributed by atoms with Crippen LogP contribution < -0.4 is 19.2 Å². The van der Waals surface area contributed by atoms with Crippen molar-refractivity contribution in [1.82, 2.24) is 5.43 Å². The largest absolute Gasteiger partial charge is 0.497 e. The first kappa shape index (κ1) is 25.6. The standard InChI is InChI=1S/C26H27N3O5S2/c1-19-9-11-25(12-10-19)36(31,32)29(21-6-4-7-22(14-21)33-2)16-26(30)28-27-15-20-5-3-8-23(13-20)34-24-17-35-18-24/h3-15,24H,16-18H2,1-2H3,(H,28,30)/b27-15-. The van der Waals surface area contributed by atoms with Gasteiger partial charge in [-0.2, -0.15) is 16.9 Å². The fourth-order valence-corrected chi connectivity index (χ4v) is 5.38. The van der Waals surface area contributed by atoms with Gasteiger partial charge in [0.15, 0.2) is 0 Å². The summed E-state index contributed by atoms with van der Waals surface area (Å²) in [4.78, 5) is 12.9. The number of benzene rings is 3. The number of nitrogens with zero attached hydrogens (tertiary/aromatic N) is 2. The molecule has 3 aromatic carbocycles. The van der Waals surface area contributed by atoms with Gasteiger partial charge in [0, 0.05) is 17.6 Å². The molecule has 0 radical (unpaired) electrons. The number of sulfonamides is 1. The lowest BCUT2D eigenvalue weighted by atomic mass is 10.2. The summed E-state index contributed by atoms with van der Waals surface area (Å²) in [5.41, 5.74) is 4.40. The maximum absolute atomic E-state index is 13.5. The van der Waals surface area contributed by atoms with Crippen LogP contribution in [0.2, 0.25) is 0 Å². The van der Waals surface area contributed by atoms with E-state index in [4.69, 9.17) is 9.47 Å². The van der Waals surface area contributed by atoms with Gasteiger partial charge in [-0.05, 0) is 48.9 Å². The first-order valence-electron chi connectivity index (χ1n) is 11.2. The summed E-state index contributed by atoms with van der Waals surface area (Å²) in [5.74, 6) is 2.57. The van der Waals surface area contributed by atoms with Crippen molar-refractivity contribution in [3.8, 4) is 11.5 Å². The maximum Gasteiger partial charge on any atom is 0.264 e. The van der Waals surface area contributed by atoms with Crippen LogP contribution in [0.4, 0.5) is 5.69 Å². The fraction of sp³-hybridized carbons (Fsp3) is 0.231. The smallest absolute Gasteiger partial charge is 0.264 e. The number of carbonyl (C=O) groups is 1. The molecular formula is C26H27N3O5S2. The summed E-state index contributed by atoms with van der Waals surface area (Å²) >= 11 is 1.84. The Morgan fingerprint density at radius 1 is 1.08 bits per heavy atom. The lowest BCUT2D eigenvalue weighted by Crippen LogP contribution is -2.39. The van der Waals surface area contributed by atoms with E-state index >= 15 is 0 Å². The zero-order chi connectivity index (χ0) is 25.5. The molecule has 0 bridgehead atoms. The highest BCUT2D eigenvalue weighted by Crippen LogP contribution is 2.27. The molecule has 1 aliphatic heterocycles. The predicted octanol–water partition coefficient (Wildman–Crippen LogP) is 3.84. The van der Waals surface area contributed by atoms with E-state index in [-0.39, 0.29) is 11.0 Å². The van der Waals surface area contributed by atoms with Crippen molar-refractivity contribution in [3.63, 3.8) is 0 Å². The van der Waals surface area contributed by atoms with Gasteiger partial charge in [-0.15, -0.1) is 0 Å². The van der Waals surface area contributed by atoms with Gasteiger partial charge in [0.05, 0.1) is 23.9 Å². The number of hydrogen-bond donors (Lipinski definition) is 1. The topological polar surface area (TPSA) is 97.3 Å². The number of methoxy groups -OCH3 is 1. The number of hydrogen-bond acceptors (Lipinski definition) is 7. The zero-order valence-electron chi connectivity index (χ0n) is 20.0. The number of anilines is 1. The number of carbonyl (C=O) groups excluding carboxylic acids is 1. The Morgan fingerprint density at radius 3 is 2.50 bits per heavy atom. The van der Waals surface area contributed by atoms with Crippen LogP contribution in [0.5, 0.6) is 11.5 Å². The van der Waals surface area contributed by atoms with Crippen LogP contribution in [-0.2, 0) is 14.8 Å². The Morgan fingerprint density at radius 2 is 1.81 bits per heavy atom. The molecule has 3 aromatic rings. The van der Waals surface area contributed by atoms with Crippen LogP contribution in [0.25, 0.3) is 0 Å². The fourth-order valence-electron chi connectivity index (χ4n) is 3.41. The summed E-state index contributed by atoms with van der Waals surface area (Å²) in [6.45, 7) is 1.40. The molecule has 4 rings (SSSR count). The first-order chi connectivity index (χ1) is 17.3. The minimum atomic E-state index is -4.04. The third kappa shape index (κ3) is 6.38. The summed E-state index contributed by atoms with van der Waals surface area (Å²) in [5, 5.41) is 4.01. The highest BCUT2D eigenvalue weighted by Gasteiger charge is 2.27. The van der Waals surface area contributed by atoms with Crippen molar-refractivity contribution in [2.75, 3.05) is 29.5 Å². The third-order valence-electron chi connectivity index (χ3n) is 5.41. The van der Waals surface area contributed by atoms with Gasteiger partial charge in [-0.1, -0.05) is 35.9 Å². The van der Waals surface area contributed by atoms with Crippen molar-refractivity contribution >= 4 is 39.6 Å². The van der Waals surface area contributed by atoms with Gasteiger partial charge >= 0.3 is 0 Å². The van der Waals surface area contributed by atoms with E-state index in [0.717, 1.165) is 32.7 Å². The van der Waals surface area contributed by atoms with Crippen LogP contribution >= 0.6 is 11.8 Å². The average Bonchev–Trinajstić information content (AvgIpc) is 2.85. The van der Waals surface area contributed by atoms with E-state index in [1.54, 1.807) is 36.4 Å². The summed E-state index contributed by atoms with van der Waals surface area (Å²) < 4.78 is 39.1. The van der Waals surface area contributed by atoms with Crippen molar-refractivity contribution in [3.05, 3.63) is 83.9 Å². The number of amides is 1. The molecule has 0 aromatic heterocycles. The molecule has 0 aliphatic carbocycles. The highest BCUT2D eigenvalue weighted by molar-refractivity contribution is 8.00. The number of thioether (sulfide) groups is 1. The van der Waals surface area contributed by atoms with E-state index in [1.165, 1.54) is 25.5 Å². The Hall–Kier alpha value is -3.50. The van der Waals surface area contributed by atoms with Gasteiger partial charge in [0.2, 0.25) is 0 Å². The van der Waals surface area contributed by atoms with Gasteiger partial charge in [0.25, 0.3) is 15.9 Å². The van der Waals surface area contributed by atoms with Gasteiger partial charge in [-0.3, -0.25) is 9.10 Å². The molecule has 1 N–H and O–H groups in total. The van der Waals surface area contributed by atoms with Crippen molar-refractivity contribution in [2.24, 2.45) is 5.10 Å². The number of rotatable bonds is 10. The Labute approximate surface area is 215 Å².